The Hall–Kier alpha value is -2.62. The van der Waals surface area contributed by atoms with Crippen LogP contribution in [-0.4, -0.2) is 44.0 Å². The van der Waals surface area contributed by atoms with E-state index in [1.165, 1.54) is 18.0 Å². The summed E-state index contributed by atoms with van der Waals surface area (Å²) in [6.07, 6.45) is 3.87. The summed E-state index contributed by atoms with van der Waals surface area (Å²) >= 11 is 5.92. The van der Waals surface area contributed by atoms with Crippen LogP contribution in [0.4, 0.5) is 5.69 Å². The van der Waals surface area contributed by atoms with E-state index in [1.807, 2.05) is 6.92 Å². The molecule has 0 unspecified atom stereocenters. The van der Waals surface area contributed by atoms with Crippen LogP contribution in [0.1, 0.15) is 18.5 Å². The molecular weight excluding hydrogens is 352 g/mol. The lowest BCUT2D eigenvalue weighted by Gasteiger charge is -2.05. The van der Waals surface area contributed by atoms with E-state index in [4.69, 9.17) is 16.3 Å². The third-order valence-corrected chi connectivity index (χ3v) is 3.81. The largest absolute Gasteiger partial charge is 0.475 e. The monoisotopic (exact) mass is 370 g/mol. The third kappa shape index (κ3) is 5.18. The first-order valence-corrected chi connectivity index (χ1v) is 8.00. The molecule has 2 aromatic heterocycles. The molecule has 0 atom stereocenters. The summed E-state index contributed by atoms with van der Waals surface area (Å²) < 4.78 is 7.89. The standard InChI is InChI=1S/C14H19ClN6O4/c1-10-11(15)8-19(17-10)6-3-5-16-13(22)4-7-20-9-12(21(23)24)14(18-20)25-2/h8-9H,3-7H2,1-2H3,(H,16,22). The molecular formula is C14H19ClN6O4. The SMILES string of the molecule is COc1nn(CCC(=O)NCCCn2cc(Cl)c(C)n2)cc1[N+](=O)[O-]. The van der Waals surface area contributed by atoms with Gasteiger partial charge < -0.3 is 10.1 Å². The van der Waals surface area contributed by atoms with Gasteiger partial charge >= 0.3 is 11.6 Å². The van der Waals surface area contributed by atoms with E-state index in [-0.39, 0.29) is 30.4 Å². The topological polar surface area (TPSA) is 117 Å². The zero-order valence-corrected chi connectivity index (χ0v) is 14.7. The van der Waals surface area contributed by atoms with Gasteiger partial charge in [0.15, 0.2) is 0 Å². The molecule has 0 bridgehead atoms. The van der Waals surface area contributed by atoms with Crippen LogP contribution < -0.4 is 10.1 Å². The zero-order valence-electron chi connectivity index (χ0n) is 13.9. The zero-order chi connectivity index (χ0) is 18.4. The summed E-state index contributed by atoms with van der Waals surface area (Å²) in [6.45, 7) is 3.20. The van der Waals surface area contributed by atoms with Crippen molar-refractivity contribution in [3.05, 3.63) is 33.2 Å². The number of rotatable bonds is 9. The maximum Gasteiger partial charge on any atom is 0.350 e. The van der Waals surface area contributed by atoms with Crippen molar-refractivity contribution in [2.75, 3.05) is 13.7 Å². The first-order valence-electron chi connectivity index (χ1n) is 7.62. The molecule has 0 aliphatic carbocycles. The number of carbonyl (C=O) groups is 1. The minimum atomic E-state index is -0.578. The highest BCUT2D eigenvalue weighted by atomic mass is 35.5. The maximum absolute atomic E-state index is 11.8. The van der Waals surface area contributed by atoms with Crippen LogP contribution in [0.3, 0.4) is 0 Å². The predicted octanol–water partition coefficient (Wildman–Crippen LogP) is 1.55. The van der Waals surface area contributed by atoms with Crippen LogP contribution in [-0.2, 0) is 17.9 Å². The van der Waals surface area contributed by atoms with E-state index < -0.39 is 4.92 Å². The number of carbonyl (C=O) groups excluding carboxylic acids is 1. The quantitative estimate of drug-likeness (QED) is 0.406. The molecule has 2 rings (SSSR count). The molecule has 1 N–H and O–H groups in total. The molecule has 2 heterocycles. The van der Waals surface area contributed by atoms with Gasteiger partial charge in [-0.05, 0) is 13.3 Å². The van der Waals surface area contributed by atoms with Crippen molar-refractivity contribution in [1.82, 2.24) is 24.9 Å². The molecule has 0 fully saturated rings. The highest BCUT2D eigenvalue weighted by Gasteiger charge is 2.20. The van der Waals surface area contributed by atoms with Gasteiger partial charge in [0.25, 0.3) is 0 Å². The molecule has 0 aliphatic rings. The number of halogens is 1. The van der Waals surface area contributed by atoms with E-state index in [2.05, 4.69) is 15.5 Å². The van der Waals surface area contributed by atoms with Gasteiger partial charge in [-0.25, -0.2) is 0 Å². The van der Waals surface area contributed by atoms with Gasteiger partial charge in [0.05, 0.1) is 29.3 Å². The number of hydrogen-bond donors (Lipinski definition) is 1. The molecule has 0 saturated carbocycles. The number of aromatic nitrogens is 4. The number of ether oxygens (including phenoxy) is 1. The lowest BCUT2D eigenvalue weighted by molar-refractivity contribution is -0.385. The van der Waals surface area contributed by atoms with Gasteiger partial charge in [-0.3, -0.25) is 24.3 Å². The van der Waals surface area contributed by atoms with Crippen molar-refractivity contribution < 1.29 is 14.5 Å². The van der Waals surface area contributed by atoms with Gasteiger partial charge in [0, 0.05) is 25.7 Å². The van der Waals surface area contributed by atoms with E-state index in [1.54, 1.807) is 10.9 Å². The minimum absolute atomic E-state index is 0.0708. The van der Waals surface area contributed by atoms with Crippen LogP contribution >= 0.6 is 11.6 Å². The first-order chi connectivity index (χ1) is 11.9. The number of nitrogens with one attached hydrogen (secondary N) is 1. The highest BCUT2D eigenvalue weighted by Crippen LogP contribution is 2.23. The third-order valence-electron chi connectivity index (χ3n) is 3.44. The Morgan fingerprint density at radius 1 is 1.36 bits per heavy atom. The fourth-order valence-electron chi connectivity index (χ4n) is 2.16. The number of amides is 1. The van der Waals surface area contributed by atoms with Gasteiger partial charge in [-0.2, -0.15) is 5.10 Å². The van der Waals surface area contributed by atoms with Gasteiger partial charge in [-0.1, -0.05) is 11.6 Å². The van der Waals surface area contributed by atoms with Gasteiger partial charge in [0.1, 0.15) is 6.20 Å². The molecule has 10 nitrogen and oxygen atoms in total. The van der Waals surface area contributed by atoms with Crippen LogP contribution in [0, 0.1) is 17.0 Å². The number of nitrogens with zero attached hydrogens (tertiary/aromatic N) is 5. The molecule has 1 amide bonds. The van der Waals surface area contributed by atoms with E-state index >= 15 is 0 Å². The molecule has 2 aromatic rings. The Morgan fingerprint density at radius 2 is 2.08 bits per heavy atom. The van der Waals surface area contributed by atoms with Crippen molar-refractivity contribution in [1.29, 1.82) is 0 Å². The van der Waals surface area contributed by atoms with Gasteiger partial charge in [-0.15, -0.1) is 5.10 Å². The number of aryl methyl sites for hydroxylation is 3. The molecule has 0 spiro atoms. The average Bonchev–Trinajstić information content (AvgIpc) is 3.13. The fraction of sp³-hybridized carbons (Fsp3) is 0.500. The Balaban J connectivity index is 1.71. The molecule has 11 heteroatoms. The number of nitro groups is 1. The summed E-state index contributed by atoms with van der Waals surface area (Å²) in [6, 6.07) is 0. The Labute approximate surface area is 148 Å². The lowest BCUT2D eigenvalue weighted by Crippen LogP contribution is -2.26. The Morgan fingerprint density at radius 3 is 2.64 bits per heavy atom. The average molecular weight is 371 g/mol. The molecule has 25 heavy (non-hydrogen) atoms. The lowest BCUT2D eigenvalue weighted by atomic mass is 10.3. The smallest absolute Gasteiger partial charge is 0.350 e. The second kappa shape index (κ2) is 8.47. The van der Waals surface area contributed by atoms with Crippen LogP contribution in [0.2, 0.25) is 5.02 Å². The number of hydrogen-bond acceptors (Lipinski definition) is 6. The Kier molecular flexibility index (Phi) is 6.34. The summed E-state index contributed by atoms with van der Waals surface area (Å²) in [5.41, 5.74) is 0.547. The highest BCUT2D eigenvalue weighted by molar-refractivity contribution is 6.31. The molecule has 0 aromatic carbocycles. The summed E-state index contributed by atoms with van der Waals surface area (Å²) in [7, 11) is 1.31. The van der Waals surface area contributed by atoms with Crippen molar-refractivity contribution in [3.8, 4) is 5.88 Å². The summed E-state index contributed by atoms with van der Waals surface area (Å²) in [4.78, 5) is 22.1. The van der Waals surface area contributed by atoms with E-state index in [0.29, 0.717) is 24.5 Å². The maximum atomic E-state index is 11.8. The van der Waals surface area contributed by atoms with E-state index in [9.17, 15) is 14.9 Å². The predicted molar refractivity (Wildman–Crippen MR) is 89.7 cm³/mol. The Bertz CT molecular complexity index is 737. The second-order valence-electron chi connectivity index (χ2n) is 5.32. The van der Waals surface area contributed by atoms with Crippen LogP contribution in [0.25, 0.3) is 0 Å². The van der Waals surface area contributed by atoms with Crippen molar-refractivity contribution in [3.63, 3.8) is 0 Å². The van der Waals surface area contributed by atoms with Crippen LogP contribution in [0.5, 0.6) is 5.88 Å². The number of methoxy groups -OCH3 is 1. The van der Waals surface area contributed by atoms with Gasteiger partial charge in [0.2, 0.25) is 5.91 Å². The van der Waals surface area contributed by atoms with E-state index in [0.717, 1.165) is 5.69 Å². The fourth-order valence-corrected chi connectivity index (χ4v) is 2.31. The summed E-state index contributed by atoms with van der Waals surface area (Å²) in [5, 5.41) is 22.4. The van der Waals surface area contributed by atoms with Crippen molar-refractivity contribution in [2.24, 2.45) is 0 Å². The summed E-state index contributed by atoms with van der Waals surface area (Å²) in [5.74, 6) is -0.231. The first kappa shape index (κ1) is 18.7. The van der Waals surface area contributed by atoms with Crippen molar-refractivity contribution in [2.45, 2.75) is 32.9 Å². The normalized spacial score (nSPS) is 10.7. The van der Waals surface area contributed by atoms with Crippen molar-refractivity contribution >= 4 is 23.2 Å². The molecule has 0 aliphatic heterocycles. The van der Waals surface area contributed by atoms with Crippen LogP contribution in [0.15, 0.2) is 12.4 Å². The second-order valence-corrected chi connectivity index (χ2v) is 5.73. The minimum Gasteiger partial charge on any atom is -0.475 e. The molecule has 136 valence electrons. The molecule has 0 saturated heterocycles. The molecule has 0 radical (unpaired) electrons.